The van der Waals surface area contributed by atoms with Crippen molar-refractivity contribution in [2.45, 2.75) is 25.7 Å². The van der Waals surface area contributed by atoms with Crippen molar-refractivity contribution in [2.24, 2.45) is 5.92 Å². The summed E-state index contributed by atoms with van der Waals surface area (Å²) in [5.74, 6) is 0.881. The summed E-state index contributed by atoms with van der Waals surface area (Å²) < 4.78 is 0. The van der Waals surface area contributed by atoms with Crippen LogP contribution in [0.3, 0.4) is 0 Å². The van der Waals surface area contributed by atoms with Crippen LogP contribution in [0.5, 0.6) is 0 Å². The van der Waals surface area contributed by atoms with Gasteiger partial charge in [-0.1, -0.05) is 12.8 Å². The van der Waals surface area contributed by atoms with Crippen molar-refractivity contribution in [3.05, 3.63) is 0 Å². The van der Waals surface area contributed by atoms with Crippen LogP contribution in [0.2, 0.25) is 0 Å². The van der Waals surface area contributed by atoms with E-state index in [1.165, 1.54) is 12.8 Å². The number of piperazine rings is 1. The average Bonchev–Trinajstić information content (AvgIpc) is 2.92. The molecular weight excluding hydrogens is 238 g/mol. The van der Waals surface area contributed by atoms with E-state index in [1.807, 2.05) is 0 Å². The maximum atomic E-state index is 12.1. The molecule has 1 heterocycles. The highest BCUT2D eigenvalue weighted by Crippen LogP contribution is 2.25. The van der Waals surface area contributed by atoms with E-state index in [0.717, 1.165) is 52.1 Å². The third kappa shape index (κ3) is 4.86. The van der Waals surface area contributed by atoms with Gasteiger partial charge in [0, 0.05) is 45.2 Å². The van der Waals surface area contributed by atoms with Gasteiger partial charge in [0.2, 0.25) is 0 Å². The molecule has 2 aliphatic rings. The van der Waals surface area contributed by atoms with Crippen LogP contribution in [-0.2, 0) is 4.79 Å². The first-order chi connectivity index (χ1) is 9.15. The Balaban J connectivity index is 1.64. The van der Waals surface area contributed by atoms with Crippen LogP contribution in [0.4, 0.5) is 0 Å². The third-order valence-corrected chi connectivity index (χ3v) is 4.52. The SMILES string of the molecule is CN(C)CCN1CCN(CC(=O)C2CCCC2)CC1. The number of hydrogen-bond acceptors (Lipinski definition) is 4. The third-order valence-electron chi connectivity index (χ3n) is 4.52. The summed E-state index contributed by atoms with van der Waals surface area (Å²) in [4.78, 5) is 19.2. The monoisotopic (exact) mass is 267 g/mol. The Bertz CT molecular complexity index is 279. The Hall–Kier alpha value is -0.450. The Labute approximate surface area is 117 Å². The number of ketones is 1. The van der Waals surface area contributed by atoms with Gasteiger partial charge in [-0.3, -0.25) is 14.6 Å². The van der Waals surface area contributed by atoms with E-state index in [2.05, 4.69) is 28.8 Å². The predicted octanol–water partition coefficient (Wildman–Crippen LogP) is 0.925. The first-order valence-electron chi connectivity index (χ1n) is 7.77. The molecule has 0 aromatic rings. The minimum absolute atomic E-state index is 0.381. The largest absolute Gasteiger partial charge is 0.308 e. The Morgan fingerprint density at radius 1 is 1.05 bits per heavy atom. The summed E-state index contributed by atoms with van der Waals surface area (Å²) in [5.41, 5.74) is 0. The van der Waals surface area contributed by atoms with Gasteiger partial charge in [-0.15, -0.1) is 0 Å². The highest BCUT2D eigenvalue weighted by molar-refractivity contribution is 5.83. The summed E-state index contributed by atoms with van der Waals surface area (Å²) in [6.07, 6.45) is 4.80. The van der Waals surface area contributed by atoms with E-state index in [9.17, 15) is 4.79 Å². The van der Waals surface area contributed by atoms with E-state index in [-0.39, 0.29) is 0 Å². The van der Waals surface area contributed by atoms with Crippen molar-refractivity contribution in [3.63, 3.8) is 0 Å². The average molecular weight is 267 g/mol. The number of likely N-dealkylation sites (N-methyl/N-ethyl adjacent to an activating group) is 1. The molecule has 1 aliphatic heterocycles. The highest BCUT2D eigenvalue weighted by Gasteiger charge is 2.25. The lowest BCUT2D eigenvalue weighted by molar-refractivity contribution is -0.124. The van der Waals surface area contributed by atoms with Gasteiger partial charge >= 0.3 is 0 Å². The number of carbonyl (C=O) groups excluding carboxylic acids is 1. The first-order valence-corrected chi connectivity index (χ1v) is 7.77. The number of nitrogens with zero attached hydrogens (tertiary/aromatic N) is 3. The maximum absolute atomic E-state index is 12.1. The molecule has 0 amide bonds. The molecule has 1 aliphatic carbocycles. The molecule has 110 valence electrons. The lowest BCUT2D eigenvalue weighted by Gasteiger charge is -2.35. The van der Waals surface area contributed by atoms with Crippen molar-refractivity contribution in [2.75, 3.05) is 59.9 Å². The van der Waals surface area contributed by atoms with E-state index < -0.39 is 0 Å². The molecule has 19 heavy (non-hydrogen) atoms. The molecule has 0 N–H and O–H groups in total. The molecule has 0 radical (unpaired) electrons. The molecule has 0 bridgehead atoms. The number of Topliss-reactive ketones (excluding diaryl/α,β-unsaturated/α-hetero) is 1. The summed E-state index contributed by atoms with van der Waals surface area (Å²) in [7, 11) is 4.24. The molecule has 0 unspecified atom stereocenters. The van der Waals surface area contributed by atoms with Crippen molar-refractivity contribution in [3.8, 4) is 0 Å². The molecular formula is C15H29N3O. The molecule has 2 fully saturated rings. The van der Waals surface area contributed by atoms with E-state index in [4.69, 9.17) is 0 Å². The van der Waals surface area contributed by atoms with Crippen molar-refractivity contribution in [1.29, 1.82) is 0 Å². The Morgan fingerprint density at radius 3 is 2.21 bits per heavy atom. The van der Waals surface area contributed by atoms with Crippen molar-refractivity contribution < 1.29 is 4.79 Å². The fraction of sp³-hybridized carbons (Fsp3) is 0.933. The smallest absolute Gasteiger partial charge is 0.149 e. The summed E-state index contributed by atoms with van der Waals surface area (Å²) in [6.45, 7) is 7.33. The van der Waals surface area contributed by atoms with Crippen LogP contribution in [0, 0.1) is 5.92 Å². The molecule has 1 saturated heterocycles. The van der Waals surface area contributed by atoms with E-state index in [1.54, 1.807) is 0 Å². The van der Waals surface area contributed by atoms with Crippen LogP contribution in [0.25, 0.3) is 0 Å². The Kier molecular flexibility index (Phi) is 5.79. The first kappa shape index (κ1) is 14.9. The molecule has 0 aromatic heterocycles. The summed E-state index contributed by atoms with van der Waals surface area (Å²) >= 11 is 0. The summed E-state index contributed by atoms with van der Waals surface area (Å²) in [5, 5.41) is 0. The highest BCUT2D eigenvalue weighted by atomic mass is 16.1. The van der Waals surface area contributed by atoms with Gasteiger partial charge in [0.05, 0.1) is 6.54 Å². The lowest BCUT2D eigenvalue weighted by atomic mass is 10.0. The standard InChI is InChI=1S/C15H29N3O/c1-16(2)7-8-17-9-11-18(12-10-17)13-15(19)14-5-3-4-6-14/h14H,3-13H2,1-2H3. The van der Waals surface area contributed by atoms with Crippen molar-refractivity contribution in [1.82, 2.24) is 14.7 Å². The van der Waals surface area contributed by atoms with Crippen LogP contribution < -0.4 is 0 Å². The zero-order valence-corrected chi connectivity index (χ0v) is 12.6. The molecule has 4 nitrogen and oxygen atoms in total. The summed E-state index contributed by atoms with van der Waals surface area (Å²) in [6, 6.07) is 0. The van der Waals surface area contributed by atoms with Crippen LogP contribution in [-0.4, -0.2) is 80.4 Å². The topological polar surface area (TPSA) is 26.8 Å². The van der Waals surface area contributed by atoms with Gasteiger partial charge in [0.15, 0.2) is 0 Å². The lowest BCUT2D eigenvalue weighted by Crippen LogP contribution is -2.49. The van der Waals surface area contributed by atoms with Gasteiger partial charge in [0.25, 0.3) is 0 Å². The fourth-order valence-corrected chi connectivity index (χ4v) is 3.11. The number of carbonyl (C=O) groups is 1. The molecule has 0 atom stereocenters. The Morgan fingerprint density at radius 2 is 1.63 bits per heavy atom. The minimum atomic E-state index is 0.381. The maximum Gasteiger partial charge on any atom is 0.149 e. The van der Waals surface area contributed by atoms with Crippen LogP contribution >= 0.6 is 0 Å². The van der Waals surface area contributed by atoms with Gasteiger partial charge in [-0.25, -0.2) is 0 Å². The van der Waals surface area contributed by atoms with E-state index in [0.29, 0.717) is 18.2 Å². The predicted molar refractivity (Wildman–Crippen MR) is 78.4 cm³/mol. The van der Waals surface area contributed by atoms with Gasteiger partial charge in [-0.2, -0.15) is 0 Å². The van der Waals surface area contributed by atoms with Crippen LogP contribution in [0.1, 0.15) is 25.7 Å². The van der Waals surface area contributed by atoms with E-state index >= 15 is 0 Å². The molecule has 2 rings (SSSR count). The molecule has 1 saturated carbocycles. The van der Waals surface area contributed by atoms with Crippen molar-refractivity contribution >= 4 is 5.78 Å². The normalized spacial score (nSPS) is 23.3. The minimum Gasteiger partial charge on any atom is -0.308 e. The van der Waals surface area contributed by atoms with Gasteiger partial charge in [0.1, 0.15) is 5.78 Å². The van der Waals surface area contributed by atoms with Gasteiger partial charge in [-0.05, 0) is 26.9 Å². The quantitative estimate of drug-likeness (QED) is 0.715. The fourth-order valence-electron chi connectivity index (χ4n) is 3.11. The number of rotatable bonds is 6. The zero-order chi connectivity index (χ0) is 13.7. The van der Waals surface area contributed by atoms with Gasteiger partial charge < -0.3 is 4.90 Å². The molecule has 4 heteroatoms. The number of hydrogen-bond donors (Lipinski definition) is 0. The zero-order valence-electron chi connectivity index (χ0n) is 12.6. The molecule has 0 spiro atoms. The van der Waals surface area contributed by atoms with Crippen LogP contribution in [0.15, 0.2) is 0 Å². The second kappa shape index (κ2) is 7.36. The second-order valence-corrected chi connectivity index (χ2v) is 6.37. The second-order valence-electron chi connectivity index (χ2n) is 6.37. The molecule has 0 aromatic carbocycles.